The molecule has 0 aliphatic heterocycles. The summed E-state index contributed by atoms with van der Waals surface area (Å²) in [5.74, 6) is -0.229. The van der Waals surface area contributed by atoms with Crippen LogP contribution in [0.2, 0.25) is 0 Å². The molecule has 0 N–H and O–H groups in total. The van der Waals surface area contributed by atoms with E-state index < -0.39 is 5.82 Å². The predicted molar refractivity (Wildman–Crippen MR) is 96.8 cm³/mol. The molecule has 132 valence electrons. The second kappa shape index (κ2) is 7.11. The van der Waals surface area contributed by atoms with Crippen LogP contribution in [-0.2, 0) is 13.1 Å². The molecule has 0 fully saturated rings. The number of fused-ring (bicyclic) bond motifs is 1. The Labute approximate surface area is 145 Å². The van der Waals surface area contributed by atoms with Gasteiger partial charge in [0.25, 0.3) is 5.56 Å². The quantitative estimate of drug-likeness (QED) is 0.691. The standard InChI is InChI=1S/C19H22FN3O2/c1-21(2)10-11-22-8-6-15-7-9-23(19(24)18(15)22)13-14-4-5-17(25-3)16(20)12-14/h4-9,12H,10-11,13H2,1-3H3. The lowest BCUT2D eigenvalue weighted by Gasteiger charge is -2.12. The van der Waals surface area contributed by atoms with Gasteiger partial charge in [-0.15, -0.1) is 0 Å². The SMILES string of the molecule is COc1ccc(Cn2ccc3ccn(CCN(C)C)c3c2=O)cc1F. The molecule has 2 heterocycles. The van der Waals surface area contributed by atoms with E-state index >= 15 is 0 Å². The third-order valence-electron chi connectivity index (χ3n) is 4.25. The average molecular weight is 343 g/mol. The van der Waals surface area contributed by atoms with Crippen molar-refractivity contribution in [3.63, 3.8) is 0 Å². The number of benzene rings is 1. The summed E-state index contributed by atoms with van der Waals surface area (Å²) in [7, 11) is 5.43. The van der Waals surface area contributed by atoms with Crippen molar-refractivity contribution < 1.29 is 9.13 Å². The zero-order valence-corrected chi connectivity index (χ0v) is 14.7. The topological polar surface area (TPSA) is 39.4 Å². The first kappa shape index (κ1) is 17.2. The van der Waals surface area contributed by atoms with Gasteiger partial charge in [-0.1, -0.05) is 6.07 Å². The minimum Gasteiger partial charge on any atom is -0.494 e. The molecule has 1 aromatic carbocycles. The second-order valence-electron chi connectivity index (χ2n) is 6.33. The van der Waals surface area contributed by atoms with Crippen LogP contribution < -0.4 is 10.3 Å². The molecule has 6 heteroatoms. The van der Waals surface area contributed by atoms with E-state index in [4.69, 9.17) is 4.74 Å². The highest BCUT2D eigenvalue weighted by molar-refractivity contribution is 5.78. The fraction of sp³-hybridized carbons (Fsp3) is 0.316. The van der Waals surface area contributed by atoms with E-state index in [2.05, 4.69) is 4.90 Å². The summed E-state index contributed by atoms with van der Waals surface area (Å²) in [5, 5.41) is 0.918. The number of hydrogen-bond donors (Lipinski definition) is 0. The van der Waals surface area contributed by atoms with E-state index in [0.29, 0.717) is 17.6 Å². The third kappa shape index (κ3) is 3.58. The highest BCUT2D eigenvalue weighted by atomic mass is 19.1. The van der Waals surface area contributed by atoms with Gasteiger partial charge in [-0.3, -0.25) is 4.79 Å². The number of pyridine rings is 1. The Balaban J connectivity index is 1.94. The molecule has 3 rings (SSSR count). The maximum Gasteiger partial charge on any atom is 0.275 e. The lowest BCUT2D eigenvalue weighted by Crippen LogP contribution is -2.24. The first-order chi connectivity index (χ1) is 12.0. The molecule has 0 spiro atoms. The second-order valence-corrected chi connectivity index (χ2v) is 6.33. The Hall–Kier alpha value is -2.60. The van der Waals surface area contributed by atoms with Crippen molar-refractivity contribution in [3.8, 4) is 5.75 Å². The largest absolute Gasteiger partial charge is 0.494 e. The van der Waals surface area contributed by atoms with Crippen LogP contribution >= 0.6 is 0 Å². The number of likely N-dealkylation sites (N-methyl/N-ethyl adjacent to an activating group) is 1. The van der Waals surface area contributed by atoms with Crippen molar-refractivity contribution in [1.82, 2.24) is 14.0 Å². The normalized spacial score (nSPS) is 11.4. The summed E-state index contributed by atoms with van der Waals surface area (Å²) in [6, 6.07) is 8.62. The summed E-state index contributed by atoms with van der Waals surface area (Å²) in [5.41, 5.74) is 1.32. The maximum atomic E-state index is 13.9. The van der Waals surface area contributed by atoms with Gasteiger partial charge < -0.3 is 18.8 Å². The molecular formula is C19H22FN3O2. The minimum absolute atomic E-state index is 0.0718. The molecule has 0 saturated carbocycles. The van der Waals surface area contributed by atoms with Crippen molar-refractivity contribution >= 4 is 10.9 Å². The fourth-order valence-electron chi connectivity index (χ4n) is 2.87. The van der Waals surface area contributed by atoms with Gasteiger partial charge in [0, 0.05) is 30.9 Å². The highest BCUT2D eigenvalue weighted by Gasteiger charge is 2.10. The first-order valence-corrected chi connectivity index (χ1v) is 8.15. The van der Waals surface area contributed by atoms with Crippen molar-refractivity contribution in [1.29, 1.82) is 0 Å². The van der Waals surface area contributed by atoms with Gasteiger partial charge >= 0.3 is 0 Å². The van der Waals surface area contributed by atoms with E-state index in [-0.39, 0.29) is 11.3 Å². The zero-order valence-electron chi connectivity index (χ0n) is 14.7. The van der Waals surface area contributed by atoms with Gasteiger partial charge in [-0.2, -0.15) is 0 Å². The summed E-state index contributed by atoms with van der Waals surface area (Å²) in [4.78, 5) is 15.0. The average Bonchev–Trinajstić information content (AvgIpc) is 2.99. The van der Waals surface area contributed by atoms with Crippen LogP contribution in [0.1, 0.15) is 5.56 Å². The number of methoxy groups -OCH3 is 1. The molecule has 0 saturated heterocycles. The van der Waals surface area contributed by atoms with Crippen molar-refractivity contribution in [2.45, 2.75) is 13.1 Å². The number of rotatable bonds is 6. The maximum absolute atomic E-state index is 13.9. The monoisotopic (exact) mass is 343 g/mol. The van der Waals surface area contributed by atoms with Gasteiger partial charge in [-0.25, -0.2) is 4.39 Å². The molecule has 0 unspecified atom stereocenters. The summed E-state index contributed by atoms with van der Waals surface area (Å²) < 4.78 is 22.4. The number of hydrogen-bond acceptors (Lipinski definition) is 3. The Morgan fingerprint density at radius 1 is 1.12 bits per heavy atom. The van der Waals surface area contributed by atoms with Crippen molar-refractivity contribution in [2.24, 2.45) is 0 Å². The van der Waals surface area contributed by atoms with Crippen molar-refractivity contribution in [3.05, 3.63) is 64.5 Å². The van der Waals surface area contributed by atoms with E-state index in [1.165, 1.54) is 13.2 Å². The molecular weight excluding hydrogens is 321 g/mol. The summed E-state index contributed by atoms with van der Waals surface area (Å²) in [6.07, 6.45) is 3.69. The number of halogens is 1. The Morgan fingerprint density at radius 2 is 1.84 bits per heavy atom. The van der Waals surface area contributed by atoms with E-state index in [1.54, 1.807) is 22.9 Å². The molecule has 2 aromatic heterocycles. The molecule has 0 aliphatic rings. The van der Waals surface area contributed by atoms with Crippen LogP contribution in [0.5, 0.6) is 5.75 Å². The van der Waals surface area contributed by atoms with E-state index in [9.17, 15) is 9.18 Å². The summed E-state index contributed by atoms with van der Waals surface area (Å²) >= 11 is 0. The van der Waals surface area contributed by atoms with Gasteiger partial charge in [0.15, 0.2) is 11.6 Å². The summed E-state index contributed by atoms with van der Waals surface area (Å²) in [6.45, 7) is 1.91. The van der Waals surface area contributed by atoms with Crippen LogP contribution in [0.15, 0.2) is 47.5 Å². The van der Waals surface area contributed by atoms with Gasteiger partial charge in [-0.05, 0) is 43.9 Å². The number of ether oxygens (including phenoxy) is 1. The Bertz CT molecular complexity index is 943. The Kier molecular flexibility index (Phi) is 4.90. The third-order valence-corrected chi connectivity index (χ3v) is 4.25. The molecule has 5 nitrogen and oxygen atoms in total. The zero-order chi connectivity index (χ0) is 18.0. The fourth-order valence-corrected chi connectivity index (χ4v) is 2.87. The van der Waals surface area contributed by atoms with E-state index in [0.717, 1.165) is 18.5 Å². The minimum atomic E-state index is -0.427. The van der Waals surface area contributed by atoms with E-state index in [1.807, 2.05) is 37.0 Å². The molecule has 0 radical (unpaired) electrons. The molecule has 0 aliphatic carbocycles. The molecule has 0 amide bonds. The first-order valence-electron chi connectivity index (χ1n) is 8.15. The van der Waals surface area contributed by atoms with Crippen LogP contribution in [0.3, 0.4) is 0 Å². The number of nitrogens with zero attached hydrogens (tertiary/aromatic N) is 3. The predicted octanol–water partition coefficient (Wildman–Crippen LogP) is 2.56. The number of aromatic nitrogens is 2. The van der Waals surface area contributed by atoms with Crippen molar-refractivity contribution in [2.75, 3.05) is 27.7 Å². The lowest BCUT2D eigenvalue weighted by atomic mass is 10.2. The molecule has 25 heavy (non-hydrogen) atoms. The van der Waals surface area contributed by atoms with Crippen LogP contribution in [0.4, 0.5) is 4.39 Å². The van der Waals surface area contributed by atoms with Gasteiger partial charge in [0.1, 0.15) is 5.52 Å². The van der Waals surface area contributed by atoms with Crippen LogP contribution in [-0.4, -0.2) is 41.8 Å². The van der Waals surface area contributed by atoms with Crippen LogP contribution in [0.25, 0.3) is 10.9 Å². The lowest BCUT2D eigenvalue weighted by molar-refractivity contribution is 0.386. The van der Waals surface area contributed by atoms with Crippen LogP contribution in [0, 0.1) is 5.82 Å². The molecule has 0 atom stereocenters. The Morgan fingerprint density at radius 3 is 2.48 bits per heavy atom. The van der Waals surface area contributed by atoms with Gasteiger partial charge in [0.2, 0.25) is 0 Å². The highest BCUT2D eigenvalue weighted by Crippen LogP contribution is 2.18. The molecule has 3 aromatic rings. The smallest absolute Gasteiger partial charge is 0.275 e. The van der Waals surface area contributed by atoms with Gasteiger partial charge in [0.05, 0.1) is 13.7 Å². The molecule has 0 bridgehead atoms.